The van der Waals surface area contributed by atoms with E-state index < -0.39 is 0 Å². The van der Waals surface area contributed by atoms with Gasteiger partial charge in [-0.05, 0) is 33.2 Å². The summed E-state index contributed by atoms with van der Waals surface area (Å²) in [5, 5.41) is 0. The summed E-state index contributed by atoms with van der Waals surface area (Å²) >= 11 is 11.9. The van der Waals surface area contributed by atoms with Crippen molar-refractivity contribution in [2.75, 3.05) is 0 Å². The van der Waals surface area contributed by atoms with Crippen molar-refractivity contribution < 1.29 is 0 Å². The van der Waals surface area contributed by atoms with E-state index >= 15 is 0 Å². The quantitative estimate of drug-likeness (QED) is 0.435. The Morgan fingerprint density at radius 3 is 2.09 bits per heavy atom. The highest BCUT2D eigenvalue weighted by molar-refractivity contribution is 6.17. The van der Waals surface area contributed by atoms with Crippen LogP contribution in [0.2, 0.25) is 0 Å². The van der Waals surface area contributed by atoms with Crippen molar-refractivity contribution in [3.63, 3.8) is 0 Å². The first kappa shape index (κ1) is 17.1. The van der Waals surface area contributed by atoms with Gasteiger partial charge >= 0.3 is 0 Å². The Hall–Kier alpha value is -1.24. The Morgan fingerprint density at radius 1 is 0.864 bits per heavy atom. The lowest BCUT2D eigenvalue weighted by Gasteiger charge is -2.18. The third-order valence-corrected chi connectivity index (χ3v) is 4.34. The van der Waals surface area contributed by atoms with Crippen LogP contribution in [-0.2, 0) is 17.2 Å². The molecule has 0 amide bonds. The summed E-state index contributed by atoms with van der Waals surface area (Å²) in [5.41, 5.74) is 6.08. The van der Waals surface area contributed by atoms with E-state index in [1.54, 1.807) is 0 Å². The van der Waals surface area contributed by atoms with E-state index in [-0.39, 0.29) is 5.41 Å². The molecule has 2 aromatic carbocycles. The van der Waals surface area contributed by atoms with Gasteiger partial charge in [-0.3, -0.25) is 0 Å². The highest BCUT2D eigenvalue weighted by Crippen LogP contribution is 2.23. The van der Waals surface area contributed by atoms with Crippen molar-refractivity contribution in [2.24, 2.45) is 0 Å². The minimum atomic E-state index is 0.183. The topological polar surface area (TPSA) is 0 Å². The molecule has 2 rings (SSSR count). The van der Waals surface area contributed by atoms with Crippen molar-refractivity contribution in [1.29, 1.82) is 0 Å². The van der Waals surface area contributed by atoms with Gasteiger partial charge in [0.05, 0.1) is 0 Å². The molecule has 0 aliphatic heterocycles. The van der Waals surface area contributed by atoms with Gasteiger partial charge in [-0.1, -0.05) is 75.4 Å². The maximum atomic E-state index is 6.01. The smallest absolute Gasteiger partial charge is 0.0480 e. The molecule has 0 fully saturated rings. The molecule has 0 saturated heterocycles. The Bertz CT molecular complexity index is 646. The summed E-state index contributed by atoms with van der Waals surface area (Å²) in [6.07, 6.45) is 4.23. The summed E-state index contributed by atoms with van der Waals surface area (Å²) in [5.74, 6) is 1.02. The van der Waals surface area contributed by atoms with Gasteiger partial charge in [-0.2, -0.15) is 0 Å². The Morgan fingerprint density at radius 2 is 1.55 bits per heavy atom. The highest BCUT2D eigenvalue weighted by atomic mass is 35.5. The molecule has 0 saturated carbocycles. The SMILES string of the molecule is CC(C)(C)c1ccc(C=Cc2cc(CCl)ccc2CCl)cc1. The first-order chi connectivity index (χ1) is 10.4. The second-order valence-corrected chi connectivity index (χ2v) is 7.04. The number of alkyl halides is 2. The maximum Gasteiger partial charge on any atom is 0.0480 e. The van der Waals surface area contributed by atoms with Crippen LogP contribution in [0.1, 0.15) is 48.6 Å². The molecule has 0 aliphatic rings. The van der Waals surface area contributed by atoms with Crippen molar-refractivity contribution >= 4 is 35.4 Å². The molecule has 0 aromatic heterocycles. The molecule has 0 nitrogen and oxygen atoms in total. The average molecular weight is 333 g/mol. The van der Waals surface area contributed by atoms with Gasteiger partial charge < -0.3 is 0 Å². The molecule has 0 N–H and O–H groups in total. The summed E-state index contributed by atoms with van der Waals surface area (Å²) in [6.45, 7) is 6.67. The first-order valence-corrected chi connectivity index (χ1v) is 8.53. The molecule has 116 valence electrons. The minimum absolute atomic E-state index is 0.183. The second-order valence-electron chi connectivity index (χ2n) is 6.51. The molecule has 0 unspecified atom stereocenters. The average Bonchev–Trinajstić information content (AvgIpc) is 2.52. The number of rotatable bonds is 4. The molecular weight excluding hydrogens is 311 g/mol. The van der Waals surface area contributed by atoms with Gasteiger partial charge in [0.2, 0.25) is 0 Å². The highest BCUT2D eigenvalue weighted by Gasteiger charge is 2.12. The van der Waals surface area contributed by atoms with Crippen LogP contribution in [-0.4, -0.2) is 0 Å². The fraction of sp³-hybridized carbons (Fsp3) is 0.300. The fourth-order valence-electron chi connectivity index (χ4n) is 2.28. The Kier molecular flexibility index (Phi) is 5.72. The molecule has 0 aliphatic carbocycles. The van der Waals surface area contributed by atoms with E-state index in [0.717, 1.165) is 16.7 Å². The standard InChI is InChI=1S/C20H22Cl2/c1-20(2,3)19-10-6-15(7-11-19)4-8-17-12-16(13-21)5-9-18(17)14-22/h4-12H,13-14H2,1-3H3. The lowest BCUT2D eigenvalue weighted by Crippen LogP contribution is -2.10. The summed E-state index contributed by atoms with van der Waals surface area (Å²) in [7, 11) is 0. The second kappa shape index (κ2) is 7.35. The lowest BCUT2D eigenvalue weighted by molar-refractivity contribution is 0.590. The minimum Gasteiger partial charge on any atom is -0.122 e. The Labute approximate surface area is 143 Å². The lowest BCUT2D eigenvalue weighted by atomic mass is 9.86. The van der Waals surface area contributed by atoms with Gasteiger partial charge in [0.25, 0.3) is 0 Å². The van der Waals surface area contributed by atoms with E-state index in [2.05, 4.69) is 63.3 Å². The number of hydrogen-bond donors (Lipinski definition) is 0. The molecule has 0 heterocycles. The molecular formula is C20H22Cl2. The number of halogens is 2. The van der Waals surface area contributed by atoms with E-state index in [1.807, 2.05) is 12.1 Å². The van der Waals surface area contributed by atoms with Crippen LogP contribution in [0.3, 0.4) is 0 Å². The first-order valence-electron chi connectivity index (χ1n) is 7.46. The van der Waals surface area contributed by atoms with Gasteiger partial charge in [-0.25, -0.2) is 0 Å². The van der Waals surface area contributed by atoms with E-state index in [1.165, 1.54) is 11.1 Å². The molecule has 0 radical (unpaired) electrons. The van der Waals surface area contributed by atoms with Gasteiger partial charge in [-0.15, -0.1) is 23.2 Å². The van der Waals surface area contributed by atoms with Gasteiger partial charge in [0.15, 0.2) is 0 Å². The zero-order valence-electron chi connectivity index (χ0n) is 13.4. The van der Waals surface area contributed by atoms with Gasteiger partial charge in [0.1, 0.15) is 0 Å². The molecule has 0 bridgehead atoms. The van der Waals surface area contributed by atoms with Crippen LogP contribution in [0.25, 0.3) is 12.2 Å². The normalized spacial score (nSPS) is 12.0. The van der Waals surface area contributed by atoms with Crippen molar-refractivity contribution in [3.05, 3.63) is 70.3 Å². The van der Waals surface area contributed by atoms with Crippen LogP contribution in [0.5, 0.6) is 0 Å². The predicted octanol–water partition coefficient (Wildman–Crippen LogP) is 6.63. The summed E-state index contributed by atoms with van der Waals surface area (Å²) < 4.78 is 0. The molecule has 2 heteroatoms. The molecule has 2 aromatic rings. The molecule has 0 spiro atoms. The summed E-state index contributed by atoms with van der Waals surface area (Å²) in [4.78, 5) is 0. The molecule has 22 heavy (non-hydrogen) atoms. The fourth-order valence-corrected chi connectivity index (χ4v) is 2.69. The largest absolute Gasteiger partial charge is 0.122 e. The van der Waals surface area contributed by atoms with Crippen LogP contribution >= 0.6 is 23.2 Å². The van der Waals surface area contributed by atoms with Crippen LogP contribution < -0.4 is 0 Å². The zero-order chi connectivity index (χ0) is 16.2. The predicted molar refractivity (Wildman–Crippen MR) is 99.6 cm³/mol. The zero-order valence-corrected chi connectivity index (χ0v) is 14.9. The Balaban J connectivity index is 2.25. The van der Waals surface area contributed by atoms with Gasteiger partial charge in [0, 0.05) is 11.8 Å². The summed E-state index contributed by atoms with van der Waals surface area (Å²) in [6, 6.07) is 14.9. The van der Waals surface area contributed by atoms with Crippen LogP contribution in [0.4, 0.5) is 0 Å². The maximum absolute atomic E-state index is 6.01. The monoisotopic (exact) mass is 332 g/mol. The van der Waals surface area contributed by atoms with Crippen molar-refractivity contribution in [3.8, 4) is 0 Å². The van der Waals surface area contributed by atoms with Crippen LogP contribution in [0.15, 0.2) is 42.5 Å². The van der Waals surface area contributed by atoms with Crippen LogP contribution in [0, 0.1) is 0 Å². The van der Waals surface area contributed by atoms with E-state index in [9.17, 15) is 0 Å². The van der Waals surface area contributed by atoms with Crippen molar-refractivity contribution in [2.45, 2.75) is 37.9 Å². The van der Waals surface area contributed by atoms with E-state index in [0.29, 0.717) is 11.8 Å². The number of benzene rings is 2. The van der Waals surface area contributed by atoms with E-state index in [4.69, 9.17) is 23.2 Å². The molecule has 0 atom stereocenters. The number of hydrogen-bond acceptors (Lipinski definition) is 0. The van der Waals surface area contributed by atoms with Crippen molar-refractivity contribution in [1.82, 2.24) is 0 Å². The third kappa shape index (κ3) is 4.38. The third-order valence-electron chi connectivity index (χ3n) is 3.74.